The molecule has 2 heteroatoms. The average Bonchev–Trinajstić information content (AvgIpc) is 2.22. The second kappa shape index (κ2) is 5.66. The first-order valence-corrected chi connectivity index (χ1v) is 5.34. The van der Waals surface area contributed by atoms with Gasteiger partial charge in [0.05, 0.1) is 0 Å². The number of benzene rings is 1. The zero-order valence-electron chi connectivity index (χ0n) is 9.67. The van der Waals surface area contributed by atoms with Crippen molar-refractivity contribution in [2.24, 2.45) is 0 Å². The van der Waals surface area contributed by atoms with Crippen LogP contribution in [-0.2, 0) is 4.74 Å². The SMILES string of the molecule is CCCOCC(=O)c1cccc(C)c1C. The van der Waals surface area contributed by atoms with Gasteiger partial charge in [0.25, 0.3) is 0 Å². The van der Waals surface area contributed by atoms with Crippen LogP contribution in [0.2, 0.25) is 0 Å². The van der Waals surface area contributed by atoms with Crippen LogP contribution in [0.1, 0.15) is 34.8 Å². The fraction of sp³-hybridized carbons (Fsp3) is 0.462. The third kappa shape index (κ3) is 3.17. The van der Waals surface area contributed by atoms with Crippen LogP contribution in [0.3, 0.4) is 0 Å². The number of Topliss-reactive ketones (excluding diaryl/α,β-unsaturated/α-hetero) is 1. The number of hydrogen-bond donors (Lipinski definition) is 0. The molecule has 0 atom stereocenters. The lowest BCUT2D eigenvalue weighted by molar-refractivity contribution is 0.0760. The molecule has 1 aromatic carbocycles. The largest absolute Gasteiger partial charge is 0.373 e. The summed E-state index contributed by atoms with van der Waals surface area (Å²) in [6, 6.07) is 5.79. The summed E-state index contributed by atoms with van der Waals surface area (Å²) in [4.78, 5) is 11.8. The average molecular weight is 206 g/mol. The van der Waals surface area contributed by atoms with Crippen molar-refractivity contribution in [2.75, 3.05) is 13.2 Å². The lowest BCUT2D eigenvalue weighted by Crippen LogP contribution is -2.11. The summed E-state index contributed by atoms with van der Waals surface area (Å²) in [6.07, 6.45) is 0.945. The molecule has 0 bridgehead atoms. The zero-order valence-corrected chi connectivity index (χ0v) is 9.67. The van der Waals surface area contributed by atoms with Crippen LogP contribution in [0.5, 0.6) is 0 Å². The van der Waals surface area contributed by atoms with E-state index in [9.17, 15) is 4.79 Å². The fourth-order valence-electron chi connectivity index (χ4n) is 1.44. The Labute approximate surface area is 91.3 Å². The number of carbonyl (C=O) groups is 1. The third-order valence-corrected chi connectivity index (χ3v) is 2.49. The van der Waals surface area contributed by atoms with Crippen LogP contribution >= 0.6 is 0 Å². The molecule has 1 aromatic rings. The second-order valence-corrected chi connectivity index (χ2v) is 3.72. The highest BCUT2D eigenvalue weighted by atomic mass is 16.5. The second-order valence-electron chi connectivity index (χ2n) is 3.72. The quantitative estimate of drug-likeness (QED) is 0.547. The molecule has 0 aliphatic heterocycles. The Bertz CT molecular complexity index is 342. The van der Waals surface area contributed by atoms with Crippen molar-refractivity contribution in [2.45, 2.75) is 27.2 Å². The van der Waals surface area contributed by atoms with Gasteiger partial charge in [-0.2, -0.15) is 0 Å². The Hall–Kier alpha value is -1.15. The molecule has 0 heterocycles. The van der Waals surface area contributed by atoms with Crippen molar-refractivity contribution in [1.82, 2.24) is 0 Å². The Kier molecular flexibility index (Phi) is 4.50. The number of hydrogen-bond acceptors (Lipinski definition) is 2. The van der Waals surface area contributed by atoms with Gasteiger partial charge in [-0.25, -0.2) is 0 Å². The van der Waals surface area contributed by atoms with E-state index in [4.69, 9.17) is 4.74 Å². The molecule has 1 rings (SSSR count). The van der Waals surface area contributed by atoms with Crippen molar-refractivity contribution >= 4 is 5.78 Å². The van der Waals surface area contributed by atoms with Gasteiger partial charge in [-0.15, -0.1) is 0 Å². The highest BCUT2D eigenvalue weighted by molar-refractivity contribution is 5.98. The molecule has 0 aromatic heterocycles. The standard InChI is InChI=1S/C13H18O2/c1-4-8-15-9-13(14)12-7-5-6-10(2)11(12)3/h5-7H,4,8-9H2,1-3H3. The van der Waals surface area contributed by atoms with Crippen LogP contribution in [0.15, 0.2) is 18.2 Å². The number of aryl methyl sites for hydroxylation is 1. The number of ketones is 1. The summed E-state index contributed by atoms with van der Waals surface area (Å²) >= 11 is 0. The molecule has 0 fully saturated rings. The van der Waals surface area contributed by atoms with E-state index < -0.39 is 0 Å². The molecule has 0 spiro atoms. The van der Waals surface area contributed by atoms with Gasteiger partial charge in [-0.05, 0) is 31.4 Å². The van der Waals surface area contributed by atoms with E-state index in [-0.39, 0.29) is 12.4 Å². The van der Waals surface area contributed by atoms with Gasteiger partial charge in [0.2, 0.25) is 0 Å². The lowest BCUT2D eigenvalue weighted by atomic mass is 10.0. The first-order valence-electron chi connectivity index (χ1n) is 5.34. The Morgan fingerprint density at radius 1 is 1.33 bits per heavy atom. The normalized spacial score (nSPS) is 10.3. The topological polar surface area (TPSA) is 26.3 Å². The fourth-order valence-corrected chi connectivity index (χ4v) is 1.44. The summed E-state index contributed by atoms with van der Waals surface area (Å²) in [7, 11) is 0. The molecule has 0 amide bonds. The van der Waals surface area contributed by atoms with Gasteiger partial charge in [-0.1, -0.05) is 25.1 Å². The minimum Gasteiger partial charge on any atom is -0.373 e. The summed E-state index contributed by atoms with van der Waals surface area (Å²) in [5, 5.41) is 0. The van der Waals surface area contributed by atoms with Crippen molar-refractivity contribution < 1.29 is 9.53 Å². The van der Waals surface area contributed by atoms with Gasteiger partial charge >= 0.3 is 0 Å². The van der Waals surface area contributed by atoms with Crippen molar-refractivity contribution in [3.63, 3.8) is 0 Å². The molecule has 0 unspecified atom stereocenters. The van der Waals surface area contributed by atoms with E-state index >= 15 is 0 Å². The molecular formula is C13H18O2. The maximum Gasteiger partial charge on any atom is 0.188 e. The molecule has 82 valence electrons. The molecule has 2 nitrogen and oxygen atoms in total. The van der Waals surface area contributed by atoms with Gasteiger partial charge in [0.15, 0.2) is 5.78 Å². The zero-order chi connectivity index (χ0) is 11.3. The smallest absolute Gasteiger partial charge is 0.188 e. The minimum atomic E-state index is 0.0738. The summed E-state index contributed by atoms with van der Waals surface area (Å²) < 4.78 is 5.24. The molecule has 0 aliphatic rings. The summed E-state index contributed by atoms with van der Waals surface area (Å²) in [5.41, 5.74) is 2.99. The molecule has 0 saturated carbocycles. The van der Waals surface area contributed by atoms with E-state index in [1.165, 1.54) is 0 Å². The molecule has 0 aliphatic carbocycles. The minimum absolute atomic E-state index is 0.0738. The molecule has 0 N–H and O–H groups in total. The first kappa shape index (κ1) is 11.9. The van der Waals surface area contributed by atoms with Gasteiger partial charge in [0.1, 0.15) is 6.61 Å². The van der Waals surface area contributed by atoms with Gasteiger partial charge in [-0.3, -0.25) is 4.79 Å². The summed E-state index contributed by atoms with van der Waals surface area (Å²) in [5.74, 6) is 0.0738. The Morgan fingerprint density at radius 3 is 2.73 bits per heavy atom. The van der Waals surface area contributed by atoms with Crippen LogP contribution in [0.4, 0.5) is 0 Å². The van der Waals surface area contributed by atoms with Crippen molar-refractivity contribution in [3.8, 4) is 0 Å². The van der Waals surface area contributed by atoms with E-state index in [1.54, 1.807) is 0 Å². The van der Waals surface area contributed by atoms with Crippen molar-refractivity contribution in [1.29, 1.82) is 0 Å². The highest BCUT2D eigenvalue weighted by Gasteiger charge is 2.09. The number of carbonyl (C=O) groups excluding carboxylic acids is 1. The van der Waals surface area contributed by atoms with Crippen molar-refractivity contribution in [3.05, 3.63) is 34.9 Å². The summed E-state index contributed by atoms with van der Waals surface area (Å²) in [6.45, 7) is 6.86. The monoisotopic (exact) mass is 206 g/mol. The van der Waals surface area contributed by atoms with Crippen LogP contribution in [-0.4, -0.2) is 19.0 Å². The van der Waals surface area contributed by atoms with E-state index in [1.807, 2.05) is 39.0 Å². The molecule has 15 heavy (non-hydrogen) atoms. The highest BCUT2D eigenvalue weighted by Crippen LogP contribution is 2.13. The predicted molar refractivity (Wildman–Crippen MR) is 61.4 cm³/mol. The maximum absolute atomic E-state index is 11.8. The Balaban J connectivity index is 2.69. The lowest BCUT2D eigenvalue weighted by Gasteiger charge is -2.07. The van der Waals surface area contributed by atoms with Crippen LogP contribution in [0.25, 0.3) is 0 Å². The number of rotatable bonds is 5. The predicted octanol–water partition coefficient (Wildman–Crippen LogP) is 2.91. The van der Waals surface area contributed by atoms with Crippen LogP contribution in [0, 0.1) is 13.8 Å². The van der Waals surface area contributed by atoms with E-state index in [0.29, 0.717) is 6.61 Å². The third-order valence-electron chi connectivity index (χ3n) is 2.49. The van der Waals surface area contributed by atoms with E-state index in [2.05, 4.69) is 0 Å². The molecule has 0 radical (unpaired) electrons. The number of ether oxygens (including phenoxy) is 1. The van der Waals surface area contributed by atoms with Crippen LogP contribution < -0.4 is 0 Å². The van der Waals surface area contributed by atoms with Gasteiger partial charge < -0.3 is 4.74 Å². The first-order chi connectivity index (χ1) is 7.16. The van der Waals surface area contributed by atoms with Gasteiger partial charge in [0, 0.05) is 12.2 Å². The van der Waals surface area contributed by atoms with E-state index in [0.717, 1.165) is 23.1 Å². The molecular weight excluding hydrogens is 188 g/mol. The maximum atomic E-state index is 11.8. The molecule has 0 saturated heterocycles. The Morgan fingerprint density at radius 2 is 2.07 bits per heavy atom.